The SMILES string of the molecule is C=C(C)COC(CN(S(=O)(=O)c1ccccc1)S(=O)(=O)c1ccccc1)c1ccc(OC)cc1. The fourth-order valence-electron chi connectivity index (χ4n) is 3.20. The van der Waals surface area contributed by atoms with Crippen LogP contribution in [0.3, 0.4) is 0 Å². The van der Waals surface area contributed by atoms with E-state index in [1.165, 1.54) is 31.4 Å². The molecule has 0 fully saturated rings. The Morgan fingerprint density at radius 3 is 1.71 bits per heavy atom. The van der Waals surface area contributed by atoms with E-state index in [0.29, 0.717) is 20.6 Å². The van der Waals surface area contributed by atoms with Gasteiger partial charge >= 0.3 is 0 Å². The molecule has 1 unspecified atom stereocenters. The predicted octanol–water partition coefficient (Wildman–Crippen LogP) is 4.41. The van der Waals surface area contributed by atoms with Crippen molar-refractivity contribution in [3.05, 3.63) is 103 Å². The van der Waals surface area contributed by atoms with Crippen molar-refractivity contribution in [2.45, 2.75) is 22.8 Å². The minimum absolute atomic E-state index is 0.126. The summed E-state index contributed by atoms with van der Waals surface area (Å²) in [5.74, 6) is 0.605. The Hall–Kier alpha value is -2.98. The lowest BCUT2D eigenvalue weighted by Gasteiger charge is -2.27. The number of methoxy groups -OCH3 is 1. The molecule has 0 aliphatic heterocycles. The lowest BCUT2D eigenvalue weighted by molar-refractivity contribution is 0.0642. The molecule has 0 aliphatic rings. The van der Waals surface area contributed by atoms with E-state index < -0.39 is 32.7 Å². The Labute approximate surface area is 201 Å². The molecule has 7 nitrogen and oxygen atoms in total. The maximum Gasteiger partial charge on any atom is 0.256 e. The number of ether oxygens (including phenoxy) is 2. The molecule has 3 aromatic rings. The zero-order valence-electron chi connectivity index (χ0n) is 19.0. The number of hydrogen-bond donors (Lipinski definition) is 0. The van der Waals surface area contributed by atoms with Crippen molar-refractivity contribution in [1.82, 2.24) is 3.71 Å². The van der Waals surface area contributed by atoms with Crippen molar-refractivity contribution >= 4 is 20.0 Å². The zero-order chi connectivity index (χ0) is 24.8. The third kappa shape index (κ3) is 5.92. The number of sulfonamides is 2. The average Bonchev–Trinajstić information content (AvgIpc) is 2.85. The highest BCUT2D eigenvalue weighted by Crippen LogP contribution is 2.30. The first-order valence-corrected chi connectivity index (χ1v) is 13.3. The molecule has 1 atom stereocenters. The average molecular weight is 502 g/mol. The maximum absolute atomic E-state index is 13.6. The van der Waals surface area contributed by atoms with Crippen LogP contribution in [0.1, 0.15) is 18.6 Å². The summed E-state index contributed by atoms with van der Waals surface area (Å²) in [7, 11) is -7.35. The largest absolute Gasteiger partial charge is 0.497 e. The van der Waals surface area contributed by atoms with Gasteiger partial charge in [0.1, 0.15) is 5.75 Å². The smallest absolute Gasteiger partial charge is 0.256 e. The van der Waals surface area contributed by atoms with Gasteiger partial charge in [-0.25, -0.2) is 16.8 Å². The number of hydrogen-bond acceptors (Lipinski definition) is 6. The summed E-state index contributed by atoms with van der Waals surface area (Å²) in [6.07, 6.45) is -0.889. The molecule has 0 amide bonds. The Kier molecular flexibility index (Phi) is 8.27. The third-order valence-electron chi connectivity index (χ3n) is 4.95. The van der Waals surface area contributed by atoms with Crippen LogP contribution in [0, 0.1) is 0 Å². The van der Waals surface area contributed by atoms with E-state index in [1.807, 2.05) is 0 Å². The van der Waals surface area contributed by atoms with E-state index in [4.69, 9.17) is 9.47 Å². The van der Waals surface area contributed by atoms with Crippen LogP contribution < -0.4 is 4.74 Å². The monoisotopic (exact) mass is 501 g/mol. The Balaban J connectivity index is 2.12. The van der Waals surface area contributed by atoms with E-state index >= 15 is 0 Å². The van der Waals surface area contributed by atoms with Gasteiger partial charge < -0.3 is 9.47 Å². The quantitative estimate of drug-likeness (QED) is 0.362. The first-order chi connectivity index (χ1) is 16.2. The van der Waals surface area contributed by atoms with Gasteiger partial charge in [0.25, 0.3) is 20.0 Å². The van der Waals surface area contributed by atoms with Crippen molar-refractivity contribution in [2.75, 3.05) is 20.3 Å². The van der Waals surface area contributed by atoms with Crippen LogP contribution in [-0.4, -0.2) is 40.8 Å². The highest BCUT2D eigenvalue weighted by atomic mass is 32.3. The molecule has 3 aromatic carbocycles. The van der Waals surface area contributed by atoms with E-state index in [-0.39, 0.29) is 16.4 Å². The fraction of sp³-hybridized carbons (Fsp3) is 0.200. The van der Waals surface area contributed by atoms with Gasteiger partial charge in [-0.15, -0.1) is 0 Å². The number of nitrogens with zero attached hydrogens (tertiary/aromatic N) is 1. The molecule has 9 heteroatoms. The van der Waals surface area contributed by atoms with Crippen LogP contribution in [0.15, 0.2) is 107 Å². The van der Waals surface area contributed by atoms with Crippen molar-refractivity contribution in [2.24, 2.45) is 0 Å². The highest BCUT2D eigenvalue weighted by molar-refractivity contribution is 8.04. The van der Waals surface area contributed by atoms with Gasteiger partial charge in [-0.3, -0.25) is 0 Å². The van der Waals surface area contributed by atoms with Crippen molar-refractivity contribution in [3.8, 4) is 5.75 Å². The van der Waals surface area contributed by atoms with Crippen LogP contribution in [0.25, 0.3) is 0 Å². The van der Waals surface area contributed by atoms with Gasteiger partial charge in [0.2, 0.25) is 0 Å². The van der Waals surface area contributed by atoms with Crippen molar-refractivity contribution in [3.63, 3.8) is 0 Å². The topological polar surface area (TPSA) is 90.0 Å². The normalized spacial score (nSPS) is 12.9. The number of rotatable bonds is 11. The first kappa shape index (κ1) is 25.6. The van der Waals surface area contributed by atoms with Crippen LogP contribution in [-0.2, 0) is 24.8 Å². The van der Waals surface area contributed by atoms with E-state index in [0.717, 1.165) is 0 Å². The molecular weight excluding hydrogens is 474 g/mol. The molecule has 3 rings (SSSR count). The molecule has 180 valence electrons. The van der Waals surface area contributed by atoms with Gasteiger partial charge in [0.05, 0.1) is 36.2 Å². The molecule has 0 N–H and O–H groups in total. The molecule has 0 aromatic heterocycles. The minimum Gasteiger partial charge on any atom is -0.497 e. The van der Waals surface area contributed by atoms with Gasteiger partial charge in [-0.2, -0.15) is 0 Å². The van der Waals surface area contributed by atoms with Gasteiger partial charge in [-0.1, -0.05) is 64.4 Å². The Bertz CT molecular complexity index is 1240. The molecular formula is C25H27NO6S2. The molecule has 0 aliphatic carbocycles. The van der Waals surface area contributed by atoms with E-state index in [1.54, 1.807) is 67.6 Å². The lowest BCUT2D eigenvalue weighted by atomic mass is 10.1. The second-order valence-electron chi connectivity index (χ2n) is 7.62. The third-order valence-corrected chi connectivity index (χ3v) is 9.24. The summed E-state index contributed by atoms with van der Waals surface area (Å²) in [5, 5.41) is 0. The molecule has 0 bridgehead atoms. The Morgan fingerprint density at radius 1 is 0.824 bits per heavy atom. The molecule has 34 heavy (non-hydrogen) atoms. The molecule has 0 heterocycles. The first-order valence-electron chi connectivity index (χ1n) is 10.4. The molecule has 0 spiro atoms. The zero-order valence-corrected chi connectivity index (χ0v) is 20.6. The molecule has 0 saturated heterocycles. The van der Waals surface area contributed by atoms with Crippen LogP contribution >= 0.6 is 0 Å². The van der Waals surface area contributed by atoms with Gasteiger partial charge in [-0.05, 0) is 48.9 Å². The standard InChI is InChI=1S/C25H27NO6S2/c1-20(2)19-32-25(21-14-16-22(31-3)17-15-21)18-26(33(27,28)23-10-6-4-7-11-23)34(29,30)24-12-8-5-9-13-24/h4-17,25H,1,18-19H2,2-3H3. The maximum atomic E-state index is 13.6. The summed E-state index contributed by atoms with van der Waals surface area (Å²) < 4.78 is 66.1. The van der Waals surface area contributed by atoms with E-state index in [2.05, 4.69) is 6.58 Å². The van der Waals surface area contributed by atoms with Crippen LogP contribution in [0.2, 0.25) is 0 Å². The Morgan fingerprint density at radius 2 is 1.29 bits per heavy atom. The van der Waals surface area contributed by atoms with Gasteiger partial charge in [0.15, 0.2) is 0 Å². The van der Waals surface area contributed by atoms with Crippen molar-refractivity contribution in [1.29, 1.82) is 0 Å². The van der Waals surface area contributed by atoms with Crippen LogP contribution in [0.4, 0.5) is 0 Å². The highest BCUT2D eigenvalue weighted by Gasteiger charge is 2.38. The summed E-state index contributed by atoms with van der Waals surface area (Å²) in [6.45, 7) is 5.26. The van der Waals surface area contributed by atoms with Crippen LogP contribution in [0.5, 0.6) is 5.75 Å². The summed E-state index contributed by atoms with van der Waals surface area (Å²) in [4.78, 5) is -0.272. The second-order valence-corrected chi connectivity index (χ2v) is 11.6. The lowest BCUT2D eigenvalue weighted by Crippen LogP contribution is -2.40. The summed E-state index contributed by atoms with van der Waals surface area (Å²) in [5.41, 5.74) is 1.31. The number of benzene rings is 3. The summed E-state index contributed by atoms with van der Waals surface area (Å²) >= 11 is 0. The molecule has 0 radical (unpaired) electrons. The van der Waals surface area contributed by atoms with Crippen molar-refractivity contribution < 1.29 is 26.3 Å². The fourth-order valence-corrected chi connectivity index (χ4v) is 6.88. The minimum atomic E-state index is -4.44. The van der Waals surface area contributed by atoms with E-state index in [9.17, 15) is 16.8 Å². The van der Waals surface area contributed by atoms with Gasteiger partial charge in [0, 0.05) is 0 Å². The second kappa shape index (κ2) is 11.0. The molecule has 0 saturated carbocycles. The predicted molar refractivity (Wildman–Crippen MR) is 130 cm³/mol. The summed E-state index contributed by atoms with van der Waals surface area (Å²) in [6, 6.07) is 21.8.